The fourth-order valence-electron chi connectivity index (χ4n) is 4.46. The van der Waals surface area contributed by atoms with E-state index in [2.05, 4.69) is 0 Å². The number of esters is 1. The number of rotatable bonds is 5. The first kappa shape index (κ1) is 24.1. The van der Waals surface area contributed by atoms with Gasteiger partial charge < -0.3 is 14.6 Å². The zero-order valence-corrected chi connectivity index (χ0v) is 19.7. The summed E-state index contributed by atoms with van der Waals surface area (Å²) >= 11 is 0. The van der Waals surface area contributed by atoms with Crippen LogP contribution in [0, 0.1) is 11.6 Å². The smallest absolute Gasteiger partial charge is 0.306 e. The number of carbonyl (C=O) groups excluding carboxylic acids is 1. The van der Waals surface area contributed by atoms with Gasteiger partial charge in [0.05, 0.1) is 17.8 Å². The molecule has 0 aliphatic carbocycles. The number of pyridine rings is 1. The van der Waals surface area contributed by atoms with Crippen LogP contribution in [0.3, 0.4) is 0 Å². The highest BCUT2D eigenvalue weighted by Crippen LogP contribution is 2.42. The molecule has 34 heavy (non-hydrogen) atoms. The number of hydrogen-bond acceptors (Lipinski definition) is 5. The summed E-state index contributed by atoms with van der Waals surface area (Å²) in [6, 6.07) is 8.91. The molecule has 0 saturated carbocycles. The minimum atomic E-state index is -0.947. The van der Waals surface area contributed by atoms with Gasteiger partial charge >= 0.3 is 5.97 Å². The van der Waals surface area contributed by atoms with Gasteiger partial charge in [-0.1, -0.05) is 18.2 Å². The summed E-state index contributed by atoms with van der Waals surface area (Å²) < 4.78 is 38.9. The first-order valence-corrected chi connectivity index (χ1v) is 11.5. The van der Waals surface area contributed by atoms with Crippen molar-refractivity contribution in [2.24, 2.45) is 0 Å². The van der Waals surface area contributed by atoms with Gasteiger partial charge in [0.25, 0.3) is 0 Å². The van der Waals surface area contributed by atoms with Crippen molar-refractivity contribution >= 4 is 16.7 Å². The average Bonchev–Trinajstić information content (AvgIpc) is 2.78. The quantitative estimate of drug-likeness (QED) is 0.461. The van der Waals surface area contributed by atoms with Crippen LogP contribution < -0.4 is 0 Å². The first-order valence-electron chi connectivity index (χ1n) is 11.5. The molecule has 0 amide bonds. The first-order chi connectivity index (χ1) is 16.1. The van der Waals surface area contributed by atoms with E-state index in [4.69, 9.17) is 14.5 Å². The summed E-state index contributed by atoms with van der Waals surface area (Å²) in [5.41, 5.74) is 1.87. The van der Waals surface area contributed by atoms with Crippen LogP contribution in [0.5, 0.6) is 5.75 Å². The van der Waals surface area contributed by atoms with Crippen LogP contribution in [-0.2, 0) is 20.7 Å². The number of halogens is 2. The second-order valence-electron chi connectivity index (χ2n) is 9.62. The summed E-state index contributed by atoms with van der Waals surface area (Å²) in [5.74, 6) is -2.16. The van der Waals surface area contributed by atoms with Gasteiger partial charge in [0, 0.05) is 36.5 Å². The van der Waals surface area contributed by atoms with Crippen LogP contribution in [0.25, 0.3) is 21.9 Å². The Morgan fingerprint density at radius 2 is 1.88 bits per heavy atom. The highest BCUT2D eigenvalue weighted by atomic mass is 19.2. The number of nitrogens with zero attached hydrogens (tertiary/aromatic N) is 1. The Bertz CT molecular complexity index is 1210. The zero-order valence-electron chi connectivity index (χ0n) is 19.7. The number of aryl methyl sites for hydroxylation is 1. The highest BCUT2D eigenvalue weighted by molar-refractivity contribution is 6.02. The molecular formula is C27H29F2NO4. The lowest BCUT2D eigenvalue weighted by molar-refractivity contribution is -0.154. The molecule has 4 rings (SSSR count). The molecular weight excluding hydrogens is 440 g/mol. The van der Waals surface area contributed by atoms with Gasteiger partial charge in [0.15, 0.2) is 11.6 Å². The Morgan fingerprint density at radius 1 is 1.15 bits per heavy atom. The van der Waals surface area contributed by atoms with Crippen LogP contribution in [-0.4, -0.2) is 34.9 Å². The molecule has 0 radical (unpaired) electrons. The van der Waals surface area contributed by atoms with Crippen molar-refractivity contribution in [3.05, 3.63) is 59.4 Å². The maximum Gasteiger partial charge on any atom is 0.306 e. The SMILES string of the molecule is CC(C)(C)OC(=O)CCc1nc(C2CCOCC2)c(-c2ccc(F)c(F)c2)c2cccc(O)c12. The number of aromatic hydroxyl groups is 1. The second-order valence-corrected chi connectivity index (χ2v) is 9.62. The lowest BCUT2D eigenvalue weighted by atomic mass is 9.86. The molecule has 3 aromatic rings. The number of phenols is 1. The molecule has 7 heteroatoms. The van der Waals surface area contributed by atoms with Gasteiger partial charge in [-0.25, -0.2) is 8.78 Å². The predicted molar refractivity (Wildman–Crippen MR) is 126 cm³/mol. The van der Waals surface area contributed by atoms with Crippen LogP contribution in [0.15, 0.2) is 36.4 Å². The minimum Gasteiger partial charge on any atom is -0.507 e. The molecule has 2 heterocycles. The molecule has 1 saturated heterocycles. The van der Waals surface area contributed by atoms with E-state index in [9.17, 15) is 18.7 Å². The number of carbonyl (C=O) groups is 1. The van der Waals surface area contributed by atoms with E-state index in [1.165, 1.54) is 12.1 Å². The van der Waals surface area contributed by atoms with E-state index in [0.29, 0.717) is 40.8 Å². The molecule has 0 spiro atoms. The number of hydrogen-bond donors (Lipinski definition) is 1. The fourth-order valence-corrected chi connectivity index (χ4v) is 4.46. The molecule has 0 atom stereocenters. The van der Waals surface area contributed by atoms with Crippen molar-refractivity contribution in [3.8, 4) is 16.9 Å². The number of fused-ring (bicyclic) bond motifs is 1. The maximum absolute atomic E-state index is 14.2. The van der Waals surface area contributed by atoms with Gasteiger partial charge in [-0.2, -0.15) is 0 Å². The number of ether oxygens (including phenoxy) is 2. The lowest BCUT2D eigenvalue weighted by Gasteiger charge is -2.26. The van der Waals surface area contributed by atoms with Crippen molar-refractivity contribution in [1.82, 2.24) is 4.98 Å². The van der Waals surface area contributed by atoms with Crippen molar-refractivity contribution in [1.29, 1.82) is 0 Å². The maximum atomic E-state index is 14.2. The molecule has 1 N–H and O–H groups in total. The van der Waals surface area contributed by atoms with E-state index in [1.807, 2.05) is 26.8 Å². The summed E-state index contributed by atoms with van der Waals surface area (Å²) in [4.78, 5) is 17.3. The molecule has 180 valence electrons. The predicted octanol–water partition coefficient (Wildman–Crippen LogP) is 6.05. The summed E-state index contributed by atoms with van der Waals surface area (Å²) in [7, 11) is 0. The van der Waals surface area contributed by atoms with E-state index < -0.39 is 17.2 Å². The topological polar surface area (TPSA) is 68.7 Å². The Balaban J connectivity index is 1.88. The zero-order chi connectivity index (χ0) is 24.5. The average molecular weight is 470 g/mol. The van der Waals surface area contributed by atoms with Crippen molar-refractivity contribution in [2.75, 3.05) is 13.2 Å². The summed E-state index contributed by atoms with van der Waals surface area (Å²) in [6.45, 7) is 6.59. The lowest BCUT2D eigenvalue weighted by Crippen LogP contribution is -2.24. The third-order valence-electron chi connectivity index (χ3n) is 5.91. The molecule has 0 bridgehead atoms. The fraction of sp³-hybridized carbons (Fsp3) is 0.407. The highest BCUT2D eigenvalue weighted by Gasteiger charge is 2.26. The van der Waals surface area contributed by atoms with E-state index in [-0.39, 0.29) is 30.5 Å². The standard InChI is InChI=1S/C27H29F2NO4/c1-27(2,3)34-23(32)10-9-21-25-18(5-4-6-22(25)31)24(17-7-8-19(28)20(29)15-17)26(30-21)16-11-13-33-14-12-16/h4-8,15-16,31H,9-14H2,1-3H3. The van der Waals surface area contributed by atoms with Gasteiger partial charge in [-0.05, 0) is 62.8 Å². The monoisotopic (exact) mass is 469 g/mol. The number of benzene rings is 2. The van der Waals surface area contributed by atoms with Crippen molar-refractivity contribution in [3.63, 3.8) is 0 Å². The third-order valence-corrected chi connectivity index (χ3v) is 5.91. The van der Waals surface area contributed by atoms with Crippen LogP contribution in [0.2, 0.25) is 0 Å². The molecule has 1 fully saturated rings. The van der Waals surface area contributed by atoms with E-state index >= 15 is 0 Å². The normalized spacial score (nSPS) is 15.0. The van der Waals surface area contributed by atoms with E-state index in [1.54, 1.807) is 12.1 Å². The summed E-state index contributed by atoms with van der Waals surface area (Å²) in [5, 5.41) is 11.9. The minimum absolute atomic E-state index is 0.0200. The molecule has 5 nitrogen and oxygen atoms in total. The van der Waals surface area contributed by atoms with Crippen LogP contribution in [0.4, 0.5) is 8.78 Å². The van der Waals surface area contributed by atoms with Gasteiger partial charge in [-0.15, -0.1) is 0 Å². The van der Waals surface area contributed by atoms with E-state index in [0.717, 1.165) is 24.6 Å². The molecule has 1 aromatic heterocycles. The Hall–Kier alpha value is -3.06. The van der Waals surface area contributed by atoms with Crippen molar-refractivity contribution < 1.29 is 28.2 Å². The van der Waals surface area contributed by atoms with Gasteiger partial charge in [0.1, 0.15) is 11.4 Å². The molecule has 1 aliphatic heterocycles. The third kappa shape index (κ3) is 5.20. The second kappa shape index (κ2) is 9.66. The largest absolute Gasteiger partial charge is 0.507 e. The molecule has 2 aromatic carbocycles. The number of aromatic nitrogens is 1. The van der Waals surface area contributed by atoms with Crippen molar-refractivity contribution in [2.45, 2.75) is 58.0 Å². The van der Waals surface area contributed by atoms with Gasteiger partial charge in [0.2, 0.25) is 0 Å². The molecule has 1 aliphatic rings. The van der Waals surface area contributed by atoms with Gasteiger partial charge in [-0.3, -0.25) is 9.78 Å². The summed E-state index contributed by atoms with van der Waals surface area (Å²) in [6.07, 6.45) is 1.85. The Labute approximate surface area is 197 Å². The Kier molecular flexibility index (Phi) is 6.84. The van der Waals surface area contributed by atoms with Crippen LogP contribution >= 0.6 is 0 Å². The van der Waals surface area contributed by atoms with Crippen LogP contribution in [0.1, 0.15) is 57.3 Å². The Morgan fingerprint density at radius 3 is 2.56 bits per heavy atom. The molecule has 0 unspecified atom stereocenters. The number of phenolic OH excluding ortho intramolecular Hbond substituents is 1.